The Morgan fingerprint density at radius 1 is 1.03 bits per heavy atom. The molecular weight excluding hydrogens is 845 g/mol. The van der Waals surface area contributed by atoms with Crippen molar-refractivity contribution in [2.24, 2.45) is 11.3 Å². The number of β-amino-alcohol motifs (C(OH)–C–C–N with tert-alkyl or cyclic N) is 1. The number of fused-ring (bicyclic) bond motifs is 3. The van der Waals surface area contributed by atoms with E-state index < -0.39 is 18.1 Å². The van der Waals surface area contributed by atoms with Gasteiger partial charge in [0.25, 0.3) is 5.88 Å². The highest BCUT2D eigenvalue weighted by Gasteiger charge is 2.54. The van der Waals surface area contributed by atoms with Crippen LogP contribution in [0.25, 0.3) is 21.7 Å². The summed E-state index contributed by atoms with van der Waals surface area (Å²) in [4.78, 5) is 42.5. The van der Waals surface area contributed by atoms with Crippen molar-refractivity contribution in [1.82, 2.24) is 40.4 Å². The summed E-state index contributed by atoms with van der Waals surface area (Å²) in [5.41, 5.74) is 7.62. The molecule has 5 aromatic rings. The van der Waals surface area contributed by atoms with Crippen LogP contribution in [0.3, 0.4) is 0 Å². The first-order valence-corrected chi connectivity index (χ1v) is 23.8. The molecule has 4 aliphatic heterocycles. The lowest BCUT2D eigenvalue weighted by molar-refractivity contribution is -0.141. The van der Waals surface area contributed by atoms with Gasteiger partial charge in [-0.1, -0.05) is 50.2 Å². The van der Waals surface area contributed by atoms with Gasteiger partial charge in [-0.15, -0.1) is 21.5 Å². The van der Waals surface area contributed by atoms with E-state index in [1.165, 1.54) is 17.7 Å². The van der Waals surface area contributed by atoms with Gasteiger partial charge in [-0.05, 0) is 72.5 Å². The second-order valence-corrected chi connectivity index (χ2v) is 20.0. The maximum absolute atomic E-state index is 14.2. The first kappa shape index (κ1) is 43.3. The molecule has 17 heteroatoms. The second-order valence-electron chi connectivity index (χ2n) is 19.1. The summed E-state index contributed by atoms with van der Waals surface area (Å²) in [5, 5.41) is 40.8. The van der Waals surface area contributed by atoms with Crippen LogP contribution in [0.5, 0.6) is 11.6 Å². The number of aromatic nitrogens is 4. The van der Waals surface area contributed by atoms with Gasteiger partial charge < -0.3 is 39.9 Å². The number of hydrogen-bond acceptors (Lipinski definition) is 15. The number of aryl methyl sites for hydroxylation is 1. The van der Waals surface area contributed by atoms with Crippen molar-refractivity contribution in [3.8, 4) is 33.3 Å². The highest BCUT2D eigenvalue weighted by molar-refractivity contribution is 7.13. The molecule has 0 unspecified atom stereocenters. The number of phenolic OH excluding ortho intramolecular Hbond substituents is 1. The number of thiazole rings is 1. The lowest BCUT2D eigenvalue weighted by Gasteiger charge is -2.62. The van der Waals surface area contributed by atoms with Crippen molar-refractivity contribution in [3.05, 3.63) is 83.2 Å². The predicted octanol–water partition coefficient (Wildman–Crippen LogP) is 5.31. The van der Waals surface area contributed by atoms with E-state index in [4.69, 9.17) is 9.26 Å². The third-order valence-corrected chi connectivity index (χ3v) is 15.3. The molecule has 342 valence electrons. The van der Waals surface area contributed by atoms with Crippen molar-refractivity contribution in [2.45, 2.75) is 83.1 Å². The minimum atomic E-state index is -0.815. The van der Waals surface area contributed by atoms with Gasteiger partial charge in [0.15, 0.2) is 11.6 Å². The normalized spacial score (nSPS) is 22.7. The largest absolute Gasteiger partial charge is 0.507 e. The van der Waals surface area contributed by atoms with Crippen LogP contribution in [0.1, 0.15) is 69.0 Å². The monoisotopic (exact) mass is 902 g/mol. The first-order chi connectivity index (χ1) is 31.4. The van der Waals surface area contributed by atoms with E-state index in [1.807, 2.05) is 75.7 Å². The van der Waals surface area contributed by atoms with E-state index in [2.05, 4.69) is 51.7 Å². The van der Waals surface area contributed by atoms with Gasteiger partial charge in [0.2, 0.25) is 11.8 Å². The third-order valence-electron chi connectivity index (χ3n) is 14.3. The maximum atomic E-state index is 14.2. The van der Waals surface area contributed by atoms with Crippen molar-refractivity contribution < 1.29 is 29.1 Å². The zero-order valence-corrected chi connectivity index (χ0v) is 38.2. The average molecular weight is 903 g/mol. The molecule has 1 saturated carbocycles. The molecule has 4 fully saturated rings. The van der Waals surface area contributed by atoms with E-state index in [9.17, 15) is 19.8 Å². The minimum Gasteiger partial charge on any atom is -0.507 e. The van der Waals surface area contributed by atoms with Crippen molar-refractivity contribution >= 4 is 34.7 Å². The van der Waals surface area contributed by atoms with Crippen LogP contribution in [0.4, 0.5) is 11.5 Å². The summed E-state index contributed by atoms with van der Waals surface area (Å²) in [5.74, 6) is 0.276. The second kappa shape index (κ2) is 17.6. The molecule has 2 aromatic carbocycles. The van der Waals surface area contributed by atoms with Crippen LogP contribution in [0, 0.1) is 18.3 Å². The van der Waals surface area contributed by atoms with Crippen LogP contribution in [-0.4, -0.2) is 140 Å². The fourth-order valence-electron chi connectivity index (χ4n) is 10.9. The van der Waals surface area contributed by atoms with Crippen LogP contribution in [0.2, 0.25) is 0 Å². The molecule has 0 bridgehead atoms. The number of hydrogen-bond donors (Lipinski definition) is 4. The molecule has 65 heavy (non-hydrogen) atoms. The van der Waals surface area contributed by atoms with Gasteiger partial charge in [-0.3, -0.25) is 19.4 Å². The summed E-state index contributed by atoms with van der Waals surface area (Å²) in [6.07, 6.45) is 1.76. The molecule has 2 amide bonds. The zero-order valence-electron chi connectivity index (χ0n) is 37.4. The van der Waals surface area contributed by atoms with Gasteiger partial charge in [-0.2, -0.15) is 0 Å². The van der Waals surface area contributed by atoms with Crippen LogP contribution in [-0.2, 0) is 9.59 Å². The molecule has 1 spiro atoms. The number of amides is 2. The molecule has 7 heterocycles. The van der Waals surface area contributed by atoms with Crippen molar-refractivity contribution in [1.29, 1.82) is 0 Å². The molecule has 0 radical (unpaired) electrons. The summed E-state index contributed by atoms with van der Waals surface area (Å²) >= 11 is 1.60. The number of nitrogens with one attached hydrogen (secondary N) is 2. The standard InChI is InChI=1S/C48H58N10O6S/c1-28(2)43(47(62)58-24-35(59)17-39(58)46(61)51-29(3)31-9-11-32(12-10-31)44-30(4)50-27-65-44)41-19-42(54-64-41)63-16-15-55-25-48(26-55)20-33(21-48)56-13-14-57-34(23-56)22-49-45-38(57)18-37(52-53-45)36-7-5-6-8-40(36)60/h5-12,18-19,27-29,33-35,39,43,59-60H,13-17,20-26H2,1-4H3,(H,49,53)(H,51,61)/t29-,34+,35+,39-,43+/m0/s1. The molecule has 1 aliphatic carbocycles. The zero-order chi connectivity index (χ0) is 45.0. The van der Waals surface area contributed by atoms with E-state index in [-0.39, 0.29) is 42.5 Å². The number of nitrogens with zero attached hydrogens (tertiary/aromatic N) is 8. The Kier molecular flexibility index (Phi) is 11.7. The smallest absolute Gasteiger partial charge is 0.254 e. The number of likely N-dealkylation sites (tertiary alicyclic amines) is 2. The number of carbonyl (C=O) groups is 2. The summed E-state index contributed by atoms with van der Waals surface area (Å²) in [7, 11) is 0. The fourth-order valence-corrected chi connectivity index (χ4v) is 11.7. The predicted molar refractivity (Wildman–Crippen MR) is 247 cm³/mol. The number of aliphatic hydroxyl groups excluding tert-OH is 1. The number of carbonyl (C=O) groups excluding carboxylic acids is 2. The highest BCUT2D eigenvalue weighted by Crippen LogP contribution is 2.51. The maximum Gasteiger partial charge on any atom is 0.254 e. The van der Waals surface area contributed by atoms with E-state index >= 15 is 0 Å². The Bertz CT molecular complexity index is 2520. The fraction of sp³-hybridized carbons (Fsp3) is 0.500. The van der Waals surface area contributed by atoms with Crippen LogP contribution in [0.15, 0.2) is 70.7 Å². The Hall–Kier alpha value is -5.62. The number of rotatable bonds is 13. The lowest BCUT2D eigenvalue weighted by atomic mass is 9.60. The Labute approximate surface area is 383 Å². The van der Waals surface area contributed by atoms with E-state index in [0.717, 1.165) is 79.0 Å². The summed E-state index contributed by atoms with van der Waals surface area (Å²) in [6.45, 7) is 15.0. The molecule has 4 N–H and O–H groups in total. The van der Waals surface area contributed by atoms with Crippen LogP contribution < -0.4 is 20.3 Å². The van der Waals surface area contributed by atoms with Gasteiger partial charge in [-0.25, -0.2) is 4.98 Å². The van der Waals surface area contributed by atoms with Gasteiger partial charge in [0, 0.05) is 76.5 Å². The first-order valence-electron chi connectivity index (χ1n) is 22.9. The van der Waals surface area contributed by atoms with Gasteiger partial charge in [0.05, 0.1) is 45.7 Å². The number of anilines is 2. The topological polar surface area (TPSA) is 186 Å². The molecule has 16 nitrogen and oxygen atoms in total. The Morgan fingerprint density at radius 3 is 2.58 bits per heavy atom. The number of aromatic hydroxyl groups is 1. The minimum absolute atomic E-state index is 0.0657. The number of ether oxygens (including phenoxy) is 1. The van der Waals surface area contributed by atoms with Crippen molar-refractivity contribution in [2.75, 3.05) is 69.2 Å². The molecular formula is C48H58N10O6S. The molecule has 3 aromatic heterocycles. The molecule has 10 rings (SSSR count). The average Bonchev–Trinajstić information content (AvgIpc) is 4.03. The van der Waals surface area contributed by atoms with E-state index in [1.54, 1.807) is 23.5 Å². The summed E-state index contributed by atoms with van der Waals surface area (Å²) in [6, 6.07) is 18.9. The van der Waals surface area contributed by atoms with E-state index in [0.29, 0.717) is 47.0 Å². The van der Waals surface area contributed by atoms with Gasteiger partial charge in [0.1, 0.15) is 24.3 Å². The lowest BCUT2D eigenvalue weighted by Crippen LogP contribution is -2.69. The van der Waals surface area contributed by atoms with Gasteiger partial charge >= 0.3 is 0 Å². The quantitative estimate of drug-likeness (QED) is 0.119. The summed E-state index contributed by atoms with van der Waals surface area (Å²) < 4.78 is 11.8. The number of benzene rings is 2. The van der Waals surface area contributed by atoms with Crippen LogP contribution >= 0.6 is 11.3 Å². The molecule has 5 atom stereocenters. The Balaban J connectivity index is 0.678. The number of phenols is 1. The molecule has 5 aliphatic rings. The van der Waals surface area contributed by atoms with Crippen molar-refractivity contribution in [3.63, 3.8) is 0 Å². The third kappa shape index (κ3) is 8.54. The number of piperazine rings is 1. The highest BCUT2D eigenvalue weighted by atomic mass is 32.1. The number of aliphatic hydroxyl groups is 1. The SMILES string of the molecule is Cc1ncsc1-c1ccc([C@H](C)NC(=O)[C@@H]2C[C@@H](O)CN2C(=O)[C@@H](c2cc(OCCN3CC4(CC(N5CCN6c7cc(-c8ccccc8O)nnc7NC[C@@H]6C5)C4)C3)no2)C(C)C)cc1. The number of para-hydroxylation sites is 1. The molecule has 3 saturated heterocycles. The Morgan fingerprint density at radius 2 is 1.83 bits per heavy atom.